The van der Waals surface area contributed by atoms with E-state index >= 15 is 0 Å². The number of aryl methyl sites for hydroxylation is 1. The summed E-state index contributed by atoms with van der Waals surface area (Å²) in [5.74, 6) is 0. The van der Waals surface area contributed by atoms with Gasteiger partial charge in [0.15, 0.2) is 0 Å². The van der Waals surface area contributed by atoms with E-state index in [9.17, 15) is 0 Å². The monoisotopic (exact) mass is 282 g/mol. The number of para-hydroxylation sites is 1. The van der Waals surface area contributed by atoms with Gasteiger partial charge in [-0.15, -0.1) is 11.3 Å². The topological polar surface area (TPSA) is 38.9 Å². The van der Waals surface area contributed by atoms with Crippen LogP contribution in [0.25, 0.3) is 10.2 Å². The van der Waals surface area contributed by atoms with Crippen LogP contribution in [0.4, 0.5) is 0 Å². The van der Waals surface area contributed by atoms with Crippen molar-refractivity contribution in [1.82, 2.24) is 4.98 Å². The lowest BCUT2D eigenvalue weighted by Gasteiger charge is -2.09. The van der Waals surface area contributed by atoms with Gasteiger partial charge in [0.2, 0.25) is 0 Å². The minimum atomic E-state index is 0.177. The molecule has 102 valence electrons. The minimum absolute atomic E-state index is 0.177. The lowest BCUT2D eigenvalue weighted by atomic mass is 10.0. The molecule has 0 bridgehead atoms. The molecule has 3 rings (SSSR count). The molecule has 2 nitrogen and oxygen atoms in total. The number of fused-ring (bicyclic) bond motifs is 1. The summed E-state index contributed by atoms with van der Waals surface area (Å²) in [5, 5.41) is 1.15. The maximum absolute atomic E-state index is 6.24. The number of hydrogen-bond acceptors (Lipinski definition) is 3. The molecule has 20 heavy (non-hydrogen) atoms. The third-order valence-electron chi connectivity index (χ3n) is 3.42. The molecule has 2 N–H and O–H groups in total. The van der Waals surface area contributed by atoms with Crippen molar-refractivity contribution < 1.29 is 0 Å². The highest BCUT2D eigenvalue weighted by Crippen LogP contribution is 2.22. The van der Waals surface area contributed by atoms with Gasteiger partial charge in [0.1, 0.15) is 0 Å². The Morgan fingerprint density at radius 3 is 2.55 bits per heavy atom. The maximum Gasteiger partial charge on any atom is 0.0954 e. The van der Waals surface area contributed by atoms with Crippen molar-refractivity contribution in [2.75, 3.05) is 0 Å². The normalized spacial score (nSPS) is 12.7. The number of hydrogen-bond donors (Lipinski definition) is 1. The van der Waals surface area contributed by atoms with Crippen molar-refractivity contribution in [2.24, 2.45) is 5.73 Å². The lowest BCUT2D eigenvalue weighted by molar-refractivity contribution is 0.609. The minimum Gasteiger partial charge on any atom is -0.327 e. The van der Waals surface area contributed by atoms with Crippen LogP contribution in [-0.4, -0.2) is 11.0 Å². The Hall–Kier alpha value is -1.71. The van der Waals surface area contributed by atoms with Gasteiger partial charge in [0.05, 0.1) is 15.2 Å². The van der Waals surface area contributed by atoms with Crippen LogP contribution in [0.2, 0.25) is 0 Å². The second-order valence-corrected chi connectivity index (χ2v) is 6.18. The highest BCUT2D eigenvalue weighted by molar-refractivity contribution is 7.18. The predicted molar refractivity (Wildman–Crippen MR) is 86.1 cm³/mol. The third-order valence-corrected chi connectivity index (χ3v) is 4.48. The second kappa shape index (κ2) is 6.16. The summed E-state index contributed by atoms with van der Waals surface area (Å²) >= 11 is 1.76. The van der Waals surface area contributed by atoms with E-state index in [0.717, 1.165) is 29.8 Å². The van der Waals surface area contributed by atoms with Crippen LogP contribution in [0.15, 0.2) is 54.6 Å². The zero-order valence-corrected chi connectivity index (χ0v) is 12.1. The molecule has 0 radical (unpaired) electrons. The van der Waals surface area contributed by atoms with Gasteiger partial charge in [0.25, 0.3) is 0 Å². The molecule has 1 heterocycles. The smallest absolute Gasteiger partial charge is 0.0954 e. The average molecular weight is 282 g/mol. The van der Waals surface area contributed by atoms with Crippen LogP contribution in [0.1, 0.15) is 17.0 Å². The van der Waals surface area contributed by atoms with Gasteiger partial charge in [-0.3, -0.25) is 0 Å². The van der Waals surface area contributed by atoms with Crippen molar-refractivity contribution in [2.45, 2.75) is 25.3 Å². The van der Waals surface area contributed by atoms with Gasteiger partial charge < -0.3 is 5.73 Å². The van der Waals surface area contributed by atoms with Gasteiger partial charge in [0, 0.05) is 12.5 Å². The average Bonchev–Trinajstić information content (AvgIpc) is 2.88. The second-order valence-electron chi connectivity index (χ2n) is 5.06. The first kappa shape index (κ1) is 13.3. The van der Waals surface area contributed by atoms with E-state index in [0.29, 0.717) is 0 Å². The van der Waals surface area contributed by atoms with Gasteiger partial charge in [-0.1, -0.05) is 42.5 Å². The first-order chi connectivity index (χ1) is 9.81. The molecule has 0 saturated carbocycles. The molecule has 2 aromatic carbocycles. The largest absolute Gasteiger partial charge is 0.327 e. The molecule has 0 amide bonds. The molecule has 0 aliphatic rings. The summed E-state index contributed by atoms with van der Waals surface area (Å²) in [6, 6.07) is 19.0. The van der Waals surface area contributed by atoms with Crippen molar-refractivity contribution in [3.05, 3.63) is 65.2 Å². The summed E-state index contributed by atoms with van der Waals surface area (Å²) in [6.07, 6.45) is 2.90. The first-order valence-corrected chi connectivity index (χ1v) is 7.77. The van der Waals surface area contributed by atoms with Gasteiger partial charge >= 0.3 is 0 Å². The SMILES string of the molecule is NC(CCc1ccccc1)Cc1nc2ccccc2s1. The molecule has 1 aromatic heterocycles. The molecule has 1 unspecified atom stereocenters. The Morgan fingerprint density at radius 1 is 1.00 bits per heavy atom. The standard InChI is InChI=1S/C17H18N2S/c18-14(11-10-13-6-2-1-3-7-13)12-17-19-15-8-4-5-9-16(15)20-17/h1-9,14H,10-12,18H2. The van der Waals surface area contributed by atoms with E-state index in [1.807, 2.05) is 12.1 Å². The number of aromatic nitrogens is 1. The van der Waals surface area contributed by atoms with Gasteiger partial charge in [-0.25, -0.2) is 4.98 Å². The molecule has 1 atom stereocenters. The Bertz CT molecular complexity index is 643. The quantitative estimate of drug-likeness (QED) is 0.773. The van der Waals surface area contributed by atoms with E-state index in [4.69, 9.17) is 5.73 Å². The molecular weight excluding hydrogens is 264 g/mol. The molecule has 3 heteroatoms. The van der Waals surface area contributed by atoms with E-state index in [1.165, 1.54) is 10.3 Å². The molecule has 0 spiro atoms. The van der Waals surface area contributed by atoms with Gasteiger partial charge in [-0.2, -0.15) is 0 Å². The molecule has 0 saturated heterocycles. The Labute approximate surface area is 123 Å². The summed E-state index contributed by atoms with van der Waals surface area (Å²) < 4.78 is 1.25. The number of benzene rings is 2. The summed E-state index contributed by atoms with van der Waals surface area (Å²) in [5.41, 5.74) is 8.68. The molecule has 3 aromatic rings. The van der Waals surface area contributed by atoms with Crippen molar-refractivity contribution >= 4 is 21.6 Å². The van der Waals surface area contributed by atoms with E-state index in [2.05, 4.69) is 47.4 Å². The Morgan fingerprint density at radius 2 is 1.75 bits per heavy atom. The fourth-order valence-electron chi connectivity index (χ4n) is 2.33. The molecular formula is C17H18N2S. The maximum atomic E-state index is 6.24. The Balaban J connectivity index is 1.59. The van der Waals surface area contributed by atoms with Crippen LogP contribution >= 0.6 is 11.3 Å². The van der Waals surface area contributed by atoms with Crippen molar-refractivity contribution in [3.63, 3.8) is 0 Å². The fourth-order valence-corrected chi connectivity index (χ4v) is 3.39. The zero-order chi connectivity index (χ0) is 13.8. The summed E-state index contributed by atoms with van der Waals surface area (Å²) in [4.78, 5) is 4.65. The fraction of sp³-hybridized carbons (Fsp3) is 0.235. The Kier molecular flexibility index (Phi) is 4.09. The van der Waals surface area contributed by atoms with Crippen LogP contribution < -0.4 is 5.73 Å². The molecule has 0 aliphatic carbocycles. The van der Waals surface area contributed by atoms with Crippen LogP contribution in [0, 0.1) is 0 Å². The highest BCUT2D eigenvalue weighted by atomic mass is 32.1. The van der Waals surface area contributed by atoms with E-state index in [1.54, 1.807) is 11.3 Å². The zero-order valence-electron chi connectivity index (χ0n) is 11.3. The van der Waals surface area contributed by atoms with E-state index < -0.39 is 0 Å². The van der Waals surface area contributed by atoms with Crippen molar-refractivity contribution in [1.29, 1.82) is 0 Å². The molecule has 0 fully saturated rings. The summed E-state index contributed by atoms with van der Waals surface area (Å²) in [7, 11) is 0. The number of nitrogens with zero attached hydrogens (tertiary/aromatic N) is 1. The highest BCUT2D eigenvalue weighted by Gasteiger charge is 2.09. The van der Waals surface area contributed by atoms with Gasteiger partial charge in [-0.05, 0) is 30.5 Å². The van der Waals surface area contributed by atoms with Crippen molar-refractivity contribution in [3.8, 4) is 0 Å². The summed E-state index contributed by atoms with van der Waals surface area (Å²) in [6.45, 7) is 0. The number of thiazole rings is 1. The first-order valence-electron chi connectivity index (χ1n) is 6.95. The van der Waals surface area contributed by atoms with E-state index in [-0.39, 0.29) is 6.04 Å². The predicted octanol–water partition coefficient (Wildman–Crippen LogP) is 3.80. The van der Waals surface area contributed by atoms with Crippen LogP contribution in [0.5, 0.6) is 0 Å². The lowest BCUT2D eigenvalue weighted by Crippen LogP contribution is -2.23. The molecule has 0 aliphatic heterocycles. The number of rotatable bonds is 5. The van der Waals surface area contributed by atoms with Crippen LogP contribution in [0.3, 0.4) is 0 Å². The number of nitrogens with two attached hydrogens (primary N) is 1. The third kappa shape index (κ3) is 3.24. The van der Waals surface area contributed by atoms with Crippen LogP contribution in [-0.2, 0) is 12.8 Å².